The van der Waals surface area contributed by atoms with E-state index in [-0.39, 0.29) is 16.7 Å². The molecule has 0 saturated heterocycles. The molecule has 1 aliphatic carbocycles. The number of aromatic nitrogens is 2. The molecule has 1 saturated carbocycles. The number of carbonyl (C=O) groups excluding carboxylic acids is 1. The number of H-pyrrole nitrogens is 1. The van der Waals surface area contributed by atoms with Crippen LogP contribution in [0.25, 0.3) is 0 Å². The van der Waals surface area contributed by atoms with E-state index >= 15 is 0 Å². The number of aromatic amines is 1. The highest BCUT2D eigenvalue weighted by Crippen LogP contribution is 2.41. The number of carbonyl (C=O) groups is 1. The number of hydrogen-bond acceptors (Lipinski definition) is 3. The van der Waals surface area contributed by atoms with Crippen molar-refractivity contribution in [3.8, 4) is 0 Å². The summed E-state index contributed by atoms with van der Waals surface area (Å²) in [4.78, 5) is 24.3. The Hall–Kier alpha value is -1.17. The van der Waals surface area contributed by atoms with E-state index in [0.29, 0.717) is 17.7 Å². The van der Waals surface area contributed by atoms with Gasteiger partial charge in [-0.2, -0.15) is 0 Å². The topological polar surface area (TPSA) is 66.9 Å². The highest BCUT2D eigenvalue weighted by Gasteiger charge is 2.33. The number of amides is 1. The molecule has 6 heteroatoms. The van der Waals surface area contributed by atoms with E-state index in [1.807, 2.05) is 4.68 Å². The van der Waals surface area contributed by atoms with Crippen LogP contribution in [0.15, 0.2) is 4.79 Å². The first-order valence-corrected chi connectivity index (χ1v) is 8.38. The number of anilines is 1. The van der Waals surface area contributed by atoms with Gasteiger partial charge in [0, 0.05) is 5.25 Å². The van der Waals surface area contributed by atoms with E-state index in [1.54, 1.807) is 11.8 Å². The lowest BCUT2D eigenvalue weighted by atomic mass is 10.0. The van der Waals surface area contributed by atoms with E-state index in [4.69, 9.17) is 0 Å². The van der Waals surface area contributed by atoms with Gasteiger partial charge in [-0.15, -0.1) is 11.8 Å². The van der Waals surface area contributed by atoms with E-state index in [1.165, 1.54) is 12.8 Å². The van der Waals surface area contributed by atoms with Gasteiger partial charge in [0.25, 0.3) is 5.56 Å². The molecule has 5 nitrogen and oxygen atoms in total. The van der Waals surface area contributed by atoms with Gasteiger partial charge in [0.2, 0.25) is 5.91 Å². The van der Waals surface area contributed by atoms with Crippen LogP contribution < -0.4 is 10.9 Å². The molecule has 1 atom stereocenters. The van der Waals surface area contributed by atoms with Gasteiger partial charge >= 0.3 is 0 Å². The van der Waals surface area contributed by atoms with Gasteiger partial charge in [-0.05, 0) is 18.8 Å². The van der Waals surface area contributed by atoms with Crippen molar-refractivity contribution in [3.63, 3.8) is 0 Å². The van der Waals surface area contributed by atoms with Crippen LogP contribution in [0.5, 0.6) is 0 Å². The van der Waals surface area contributed by atoms with Crippen LogP contribution in [-0.2, 0) is 4.79 Å². The maximum atomic E-state index is 12.4. The van der Waals surface area contributed by atoms with Crippen LogP contribution >= 0.6 is 11.8 Å². The molecule has 1 aliphatic heterocycles. The van der Waals surface area contributed by atoms with Crippen molar-refractivity contribution in [2.75, 3.05) is 11.1 Å². The zero-order chi connectivity index (χ0) is 14.3. The molecule has 0 bridgehead atoms. The molecule has 1 unspecified atom stereocenters. The molecule has 1 amide bonds. The van der Waals surface area contributed by atoms with Crippen molar-refractivity contribution >= 4 is 23.5 Å². The monoisotopic (exact) mass is 295 g/mol. The average Bonchev–Trinajstić information content (AvgIpc) is 2.96. The summed E-state index contributed by atoms with van der Waals surface area (Å²) in [6, 6.07) is 0.322. The first kappa shape index (κ1) is 13.8. The number of fused-ring (bicyclic) bond motifs is 1. The predicted octanol–water partition coefficient (Wildman–Crippen LogP) is 2.67. The summed E-state index contributed by atoms with van der Waals surface area (Å²) in [5.41, 5.74) is 0.711. The molecule has 110 valence electrons. The summed E-state index contributed by atoms with van der Waals surface area (Å²) < 4.78 is 1.92. The van der Waals surface area contributed by atoms with Gasteiger partial charge in [-0.1, -0.05) is 26.7 Å². The largest absolute Gasteiger partial charge is 0.310 e. The predicted molar refractivity (Wildman–Crippen MR) is 81.2 cm³/mol. The summed E-state index contributed by atoms with van der Waals surface area (Å²) in [5, 5.41) is 5.99. The molecule has 2 heterocycles. The van der Waals surface area contributed by atoms with E-state index < -0.39 is 0 Å². The molecule has 1 aromatic heterocycles. The van der Waals surface area contributed by atoms with Gasteiger partial charge in [-0.25, -0.2) is 0 Å². The second-order valence-corrected chi connectivity index (χ2v) is 7.17. The SMILES string of the molecule is CC(C)C1SCC(=O)Nc2c1c(=O)[nH]n2C1CCCC1. The minimum Gasteiger partial charge on any atom is -0.310 e. The highest BCUT2D eigenvalue weighted by molar-refractivity contribution is 8.00. The molecule has 1 aromatic rings. The summed E-state index contributed by atoms with van der Waals surface area (Å²) in [6.45, 7) is 4.20. The van der Waals surface area contributed by atoms with Crippen molar-refractivity contribution in [1.29, 1.82) is 0 Å². The third-order valence-corrected chi connectivity index (χ3v) is 5.76. The molecule has 20 heavy (non-hydrogen) atoms. The Labute approximate surface area is 122 Å². The quantitative estimate of drug-likeness (QED) is 0.881. The molecule has 2 aliphatic rings. The number of nitrogens with one attached hydrogen (secondary N) is 2. The second kappa shape index (κ2) is 5.31. The highest BCUT2D eigenvalue weighted by atomic mass is 32.2. The minimum absolute atomic E-state index is 0.00912. The van der Waals surface area contributed by atoms with Crippen LogP contribution in [0.1, 0.15) is 56.4 Å². The van der Waals surface area contributed by atoms with Gasteiger partial charge in [0.1, 0.15) is 5.82 Å². The first-order valence-electron chi connectivity index (χ1n) is 7.33. The van der Waals surface area contributed by atoms with Crippen LogP contribution in [0.4, 0.5) is 5.82 Å². The van der Waals surface area contributed by atoms with Gasteiger partial charge in [-0.3, -0.25) is 19.4 Å². The van der Waals surface area contributed by atoms with Crippen molar-refractivity contribution in [2.24, 2.45) is 5.92 Å². The van der Waals surface area contributed by atoms with Crippen molar-refractivity contribution in [3.05, 3.63) is 15.9 Å². The maximum Gasteiger partial charge on any atom is 0.270 e. The van der Waals surface area contributed by atoms with Gasteiger partial charge < -0.3 is 5.32 Å². The molecule has 3 rings (SSSR count). The smallest absolute Gasteiger partial charge is 0.270 e. The Balaban J connectivity index is 2.10. The third kappa shape index (κ3) is 2.30. The average molecular weight is 295 g/mol. The third-order valence-electron chi connectivity index (χ3n) is 4.19. The number of thioether (sulfide) groups is 1. The number of nitrogens with zero attached hydrogens (tertiary/aromatic N) is 1. The summed E-state index contributed by atoms with van der Waals surface area (Å²) in [5.74, 6) is 1.45. The molecule has 0 spiro atoms. The van der Waals surface area contributed by atoms with E-state index in [9.17, 15) is 9.59 Å². The standard InChI is InChI=1S/C14H21N3O2S/c1-8(2)12-11-13(15-10(18)7-20-12)17(16-14(11)19)9-5-3-4-6-9/h8-9,12H,3-7H2,1-2H3,(H,15,18)(H,16,19). The summed E-state index contributed by atoms with van der Waals surface area (Å²) in [7, 11) is 0. The molecule has 0 aromatic carbocycles. The maximum absolute atomic E-state index is 12.4. The zero-order valence-corrected chi connectivity index (χ0v) is 12.8. The molecule has 2 N–H and O–H groups in total. The van der Waals surface area contributed by atoms with Crippen LogP contribution in [0, 0.1) is 5.92 Å². The minimum atomic E-state index is -0.0414. The summed E-state index contributed by atoms with van der Waals surface area (Å²) in [6.07, 6.45) is 4.53. The van der Waals surface area contributed by atoms with Crippen LogP contribution in [0.3, 0.4) is 0 Å². The molecular weight excluding hydrogens is 274 g/mol. The van der Waals surface area contributed by atoms with E-state index in [2.05, 4.69) is 24.3 Å². The van der Waals surface area contributed by atoms with Crippen molar-refractivity contribution in [1.82, 2.24) is 9.78 Å². The Bertz CT molecular complexity index is 569. The van der Waals surface area contributed by atoms with E-state index in [0.717, 1.165) is 24.2 Å². The second-order valence-electron chi connectivity index (χ2n) is 6.04. The zero-order valence-electron chi connectivity index (χ0n) is 11.9. The van der Waals surface area contributed by atoms with Crippen molar-refractivity contribution < 1.29 is 4.79 Å². The summed E-state index contributed by atoms with van der Waals surface area (Å²) >= 11 is 1.57. The molecule has 1 fully saturated rings. The van der Waals surface area contributed by atoms with Gasteiger partial charge in [0.15, 0.2) is 0 Å². The fraction of sp³-hybridized carbons (Fsp3) is 0.714. The number of hydrogen-bond donors (Lipinski definition) is 2. The van der Waals surface area contributed by atoms with Crippen LogP contribution in [-0.4, -0.2) is 21.4 Å². The van der Waals surface area contributed by atoms with Gasteiger partial charge in [0.05, 0.1) is 17.4 Å². The van der Waals surface area contributed by atoms with Crippen molar-refractivity contribution in [2.45, 2.75) is 50.8 Å². The van der Waals surface area contributed by atoms with Crippen LogP contribution in [0.2, 0.25) is 0 Å². The Morgan fingerprint density at radius 3 is 2.60 bits per heavy atom. The lowest BCUT2D eigenvalue weighted by Crippen LogP contribution is -2.18. The fourth-order valence-corrected chi connectivity index (χ4v) is 4.41. The fourth-order valence-electron chi connectivity index (χ4n) is 3.23. The Kier molecular flexibility index (Phi) is 3.67. The lowest BCUT2D eigenvalue weighted by molar-refractivity contribution is -0.113. The first-order chi connectivity index (χ1) is 9.58. The Morgan fingerprint density at radius 2 is 1.95 bits per heavy atom. The molecule has 0 radical (unpaired) electrons. The lowest BCUT2D eigenvalue weighted by Gasteiger charge is -2.18. The normalized spacial score (nSPS) is 23.8. The Morgan fingerprint density at radius 1 is 1.25 bits per heavy atom. The number of rotatable bonds is 2. The molecular formula is C14H21N3O2S.